The van der Waals surface area contributed by atoms with Crippen molar-refractivity contribution in [1.82, 2.24) is 0 Å². The Morgan fingerprint density at radius 3 is 1.82 bits per heavy atom. The SMILES string of the molecule is C=CCCCC1CCC(CCC2CCC(OCC)CC2)CC1. The molecular formula is C21H38O. The summed E-state index contributed by atoms with van der Waals surface area (Å²) in [4.78, 5) is 0. The van der Waals surface area contributed by atoms with E-state index in [4.69, 9.17) is 4.74 Å². The van der Waals surface area contributed by atoms with E-state index in [2.05, 4.69) is 19.6 Å². The Morgan fingerprint density at radius 2 is 1.32 bits per heavy atom. The van der Waals surface area contributed by atoms with E-state index in [1.54, 1.807) is 0 Å². The normalized spacial score (nSPS) is 32.8. The molecule has 0 amide bonds. The van der Waals surface area contributed by atoms with Gasteiger partial charge in [-0.15, -0.1) is 6.58 Å². The molecule has 22 heavy (non-hydrogen) atoms. The highest BCUT2D eigenvalue weighted by Crippen LogP contribution is 2.37. The van der Waals surface area contributed by atoms with Crippen LogP contribution in [0.25, 0.3) is 0 Å². The summed E-state index contributed by atoms with van der Waals surface area (Å²) in [5, 5.41) is 0. The van der Waals surface area contributed by atoms with Gasteiger partial charge in [-0.3, -0.25) is 0 Å². The molecule has 0 saturated heterocycles. The van der Waals surface area contributed by atoms with Gasteiger partial charge in [0, 0.05) is 6.61 Å². The van der Waals surface area contributed by atoms with Crippen LogP contribution < -0.4 is 0 Å². The van der Waals surface area contributed by atoms with Crippen LogP contribution in [-0.4, -0.2) is 12.7 Å². The Bertz CT molecular complexity index is 282. The first-order valence-electron chi connectivity index (χ1n) is 10.0. The lowest BCUT2D eigenvalue weighted by molar-refractivity contribution is 0.0238. The molecule has 0 aromatic rings. The molecular weight excluding hydrogens is 268 g/mol. The van der Waals surface area contributed by atoms with Crippen molar-refractivity contribution in [3.05, 3.63) is 12.7 Å². The lowest BCUT2D eigenvalue weighted by Gasteiger charge is -2.32. The monoisotopic (exact) mass is 306 g/mol. The van der Waals surface area contributed by atoms with Gasteiger partial charge in [-0.05, 0) is 63.2 Å². The van der Waals surface area contributed by atoms with Crippen molar-refractivity contribution in [2.24, 2.45) is 17.8 Å². The standard InChI is InChI=1S/C21H38O/c1-3-5-6-7-18-8-10-19(11-9-18)12-13-20-14-16-21(17-15-20)22-4-2/h3,18-21H,1,4-17H2,2H3. The highest BCUT2D eigenvalue weighted by molar-refractivity contribution is 4.77. The van der Waals surface area contributed by atoms with Crippen molar-refractivity contribution < 1.29 is 4.74 Å². The molecule has 1 heteroatoms. The Kier molecular flexibility index (Phi) is 8.59. The molecule has 2 aliphatic carbocycles. The number of rotatable bonds is 9. The third-order valence-corrected chi connectivity index (χ3v) is 6.17. The van der Waals surface area contributed by atoms with Gasteiger partial charge in [0.05, 0.1) is 6.10 Å². The summed E-state index contributed by atoms with van der Waals surface area (Å²) in [5.74, 6) is 3.07. The molecule has 1 nitrogen and oxygen atoms in total. The van der Waals surface area contributed by atoms with Gasteiger partial charge in [-0.2, -0.15) is 0 Å². The van der Waals surface area contributed by atoms with Crippen molar-refractivity contribution >= 4 is 0 Å². The average Bonchev–Trinajstić information content (AvgIpc) is 2.56. The third-order valence-electron chi connectivity index (χ3n) is 6.17. The molecule has 0 N–H and O–H groups in total. The molecule has 0 aliphatic heterocycles. The fourth-order valence-electron chi connectivity index (χ4n) is 4.65. The van der Waals surface area contributed by atoms with Gasteiger partial charge in [0.2, 0.25) is 0 Å². The molecule has 0 heterocycles. The number of hydrogen-bond donors (Lipinski definition) is 0. The fraction of sp³-hybridized carbons (Fsp3) is 0.905. The summed E-state index contributed by atoms with van der Waals surface area (Å²) in [7, 11) is 0. The summed E-state index contributed by atoms with van der Waals surface area (Å²) in [6.07, 6.45) is 21.1. The molecule has 0 radical (unpaired) electrons. The molecule has 0 bridgehead atoms. The van der Waals surface area contributed by atoms with Gasteiger partial charge >= 0.3 is 0 Å². The fourth-order valence-corrected chi connectivity index (χ4v) is 4.65. The molecule has 2 fully saturated rings. The van der Waals surface area contributed by atoms with Crippen LogP contribution >= 0.6 is 0 Å². The lowest BCUT2D eigenvalue weighted by atomic mass is 9.76. The maximum Gasteiger partial charge on any atom is 0.0575 e. The number of unbranched alkanes of at least 4 members (excludes halogenated alkanes) is 1. The molecule has 0 unspecified atom stereocenters. The minimum Gasteiger partial charge on any atom is -0.379 e. The summed E-state index contributed by atoms with van der Waals surface area (Å²) in [6, 6.07) is 0. The Balaban J connectivity index is 1.53. The second-order valence-electron chi connectivity index (χ2n) is 7.78. The Labute approximate surface area is 138 Å². The summed E-state index contributed by atoms with van der Waals surface area (Å²) in [5.41, 5.74) is 0. The minimum absolute atomic E-state index is 0.576. The molecule has 2 rings (SSSR count). The van der Waals surface area contributed by atoms with E-state index >= 15 is 0 Å². The van der Waals surface area contributed by atoms with Crippen LogP contribution in [0.3, 0.4) is 0 Å². The predicted molar refractivity (Wildman–Crippen MR) is 96.1 cm³/mol. The highest BCUT2D eigenvalue weighted by Gasteiger charge is 2.24. The molecule has 0 aromatic carbocycles. The summed E-state index contributed by atoms with van der Waals surface area (Å²) >= 11 is 0. The number of allylic oxidation sites excluding steroid dienone is 1. The maximum absolute atomic E-state index is 5.77. The largest absolute Gasteiger partial charge is 0.379 e. The van der Waals surface area contributed by atoms with Crippen LogP contribution in [0.15, 0.2) is 12.7 Å². The van der Waals surface area contributed by atoms with Crippen LogP contribution in [-0.2, 0) is 4.74 Å². The van der Waals surface area contributed by atoms with Crippen molar-refractivity contribution in [1.29, 1.82) is 0 Å². The van der Waals surface area contributed by atoms with Crippen LogP contribution in [0.1, 0.15) is 90.4 Å². The van der Waals surface area contributed by atoms with Crippen LogP contribution in [0.2, 0.25) is 0 Å². The zero-order chi connectivity index (χ0) is 15.6. The lowest BCUT2D eigenvalue weighted by Crippen LogP contribution is -2.22. The van der Waals surface area contributed by atoms with Crippen molar-refractivity contribution in [2.75, 3.05) is 6.61 Å². The smallest absolute Gasteiger partial charge is 0.0575 e. The minimum atomic E-state index is 0.576. The van der Waals surface area contributed by atoms with E-state index < -0.39 is 0 Å². The van der Waals surface area contributed by atoms with Gasteiger partial charge in [0.15, 0.2) is 0 Å². The number of ether oxygens (including phenoxy) is 1. The topological polar surface area (TPSA) is 9.23 Å². The first-order valence-corrected chi connectivity index (χ1v) is 10.0. The van der Waals surface area contributed by atoms with Crippen molar-refractivity contribution in [3.8, 4) is 0 Å². The van der Waals surface area contributed by atoms with E-state index in [0.717, 1.165) is 24.4 Å². The zero-order valence-electron chi connectivity index (χ0n) is 14.9. The molecule has 0 atom stereocenters. The zero-order valence-corrected chi connectivity index (χ0v) is 14.9. The van der Waals surface area contributed by atoms with E-state index in [0.29, 0.717) is 6.10 Å². The predicted octanol–water partition coefficient (Wildman–Crippen LogP) is 6.52. The molecule has 2 saturated carbocycles. The van der Waals surface area contributed by atoms with E-state index in [1.807, 2.05) is 0 Å². The maximum atomic E-state index is 5.77. The van der Waals surface area contributed by atoms with E-state index in [9.17, 15) is 0 Å². The number of hydrogen-bond acceptors (Lipinski definition) is 1. The van der Waals surface area contributed by atoms with Crippen LogP contribution in [0, 0.1) is 17.8 Å². The van der Waals surface area contributed by atoms with Gasteiger partial charge < -0.3 is 4.74 Å². The van der Waals surface area contributed by atoms with E-state index in [-0.39, 0.29) is 0 Å². The van der Waals surface area contributed by atoms with Crippen LogP contribution in [0.4, 0.5) is 0 Å². The van der Waals surface area contributed by atoms with Crippen molar-refractivity contribution in [3.63, 3.8) is 0 Å². The van der Waals surface area contributed by atoms with Crippen molar-refractivity contribution in [2.45, 2.75) is 96.5 Å². The quantitative estimate of drug-likeness (QED) is 0.348. The molecule has 0 spiro atoms. The van der Waals surface area contributed by atoms with Gasteiger partial charge in [0.1, 0.15) is 0 Å². The van der Waals surface area contributed by atoms with Gasteiger partial charge in [0.25, 0.3) is 0 Å². The Morgan fingerprint density at radius 1 is 0.818 bits per heavy atom. The van der Waals surface area contributed by atoms with Crippen LogP contribution in [0.5, 0.6) is 0 Å². The van der Waals surface area contributed by atoms with Gasteiger partial charge in [-0.1, -0.05) is 51.0 Å². The molecule has 0 aromatic heterocycles. The molecule has 2 aliphatic rings. The highest BCUT2D eigenvalue weighted by atomic mass is 16.5. The first-order chi connectivity index (χ1) is 10.8. The second-order valence-corrected chi connectivity index (χ2v) is 7.78. The Hall–Kier alpha value is -0.300. The molecule has 128 valence electrons. The average molecular weight is 307 g/mol. The third kappa shape index (κ3) is 6.44. The summed E-state index contributed by atoms with van der Waals surface area (Å²) < 4.78 is 5.77. The van der Waals surface area contributed by atoms with E-state index in [1.165, 1.54) is 83.5 Å². The summed E-state index contributed by atoms with van der Waals surface area (Å²) in [6.45, 7) is 6.85. The first kappa shape index (κ1) is 18.0. The van der Waals surface area contributed by atoms with Gasteiger partial charge in [-0.25, -0.2) is 0 Å². The second kappa shape index (κ2) is 10.5.